The van der Waals surface area contributed by atoms with Gasteiger partial charge in [-0.25, -0.2) is 24.9 Å². The Bertz CT molecular complexity index is 2770. The van der Waals surface area contributed by atoms with E-state index < -0.39 is 0 Å². The molecule has 6 nitrogen and oxygen atoms in total. The van der Waals surface area contributed by atoms with E-state index in [1.807, 2.05) is 133 Å². The van der Waals surface area contributed by atoms with E-state index in [-0.39, 0.29) is 0 Å². The van der Waals surface area contributed by atoms with Crippen molar-refractivity contribution in [2.75, 3.05) is 0 Å². The minimum absolute atomic E-state index is 0.519. The van der Waals surface area contributed by atoms with Gasteiger partial charge >= 0.3 is 0 Å². The second-order valence-electron chi connectivity index (χ2n) is 12.8. The molecule has 252 valence electrons. The van der Waals surface area contributed by atoms with Crippen LogP contribution in [0.5, 0.6) is 0 Å². The lowest BCUT2D eigenvalue weighted by Crippen LogP contribution is -2.01. The quantitative estimate of drug-likeness (QED) is 0.165. The van der Waals surface area contributed by atoms with Gasteiger partial charge in [0.2, 0.25) is 0 Å². The van der Waals surface area contributed by atoms with Crippen LogP contribution < -0.4 is 0 Å². The maximum atomic E-state index is 10.2. The summed E-state index contributed by atoms with van der Waals surface area (Å²) >= 11 is 0. The minimum atomic E-state index is 0.519. The number of benzene rings is 7. The molecule has 54 heavy (non-hydrogen) atoms. The van der Waals surface area contributed by atoms with Crippen molar-refractivity contribution in [1.29, 1.82) is 5.26 Å². The van der Waals surface area contributed by atoms with Gasteiger partial charge in [0, 0.05) is 33.2 Å². The zero-order valence-corrected chi connectivity index (χ0v) is 29.0. The molecule has 0 aliphatic heterocycles. The first-order chi connectivity index (χ1) is 26.7. The fraction of sp³-hybridized carbons (Fsp3) is 0. The lowest BCUT2D eigenvalue weighted by molar-refractivity contribution is 1.07. The SMILES string of the molecule is N#Cc1ccccc1-c1cc(-c2nc(-c3ccccc3)nc(-c3ccccc3)n2)cc(-c2ccccc2-c2nc(-c3ccccc3)c3ccccc3n2)c1. The summed E-state index contributed by atoms with van der Waals surface area (Å²) in [4.78, 5) is 25.4. The number of nitrogens with zero attached hydrogens (tertiary/aromatic N) is 6. The highest BCUT2D eigenvalue weighted by molar-refractivity contribution is 5.95. The number of rotatable bonds is 7. The molecule has 0 amide bonds. The van der Waals surface area contributed by atoms with Crippen LogP contribution >= 0.6 is 0 Å². The van der Waals surface area contributed by atoms with Crippen LogP contribution in [0.1, 0.15) is 5.56 Å². The molecule has 0 bridgehead atoms. The predicted octanol–water partition coefficient (Wildman–Crippen LogP) is 11.4. The van der Waals surface area contributed by atoms with E-state index in [2.05, 4.69) is 54.6 Å². The molecule has 9 rings (SSSR count). The average Bonchev–Trinajstić information content (AvgIpc) is 3.26. The summed E-state index contributed by atoms with van der Waals surface area (Å²) in [5.41, 5.74) is 10.3. The van der Waals surface area contributed by atoms with Gasteiger partial charge < -0.3 is 0 Å². The molecule has 9 aromatic rings. The van der Waals surface area contributed by atoms with Gasteiger partial charge in [-0.3, -0.25) is 0 Å². The molecular formula is C48H30N6. The highest BCUT2D eigenvalue weighted by atomic mass is 15.0. The Morgan fingerprint density at radius 2 is 0.796 bits per heavy atom. The van der Waals surface area contributed by atoms with Crippen LogP contribution in [0.3, 0.4) is 0 Å². The van der Waals surface area contributed by atoms with Gasteiger partial charge in [0.05, 0.1) is 22.8 Å². The lowest BCUT2D eigenvalue weighted by atomic mass is 9.91. The Labute approximate surface area is 312 Å². The third-order valence-electron chi connectivity index (χ3n) is 9.38. The molecule has 0 aliphatic rings. The summed E-state index contributed by atoms with van der Waals surface area (Å²) in [6.07, 6.45) is 0. The molecule has 2 heterocycles. The summed E-state index contributed by atoms with van der Waals surface area (Å²) in [6.45, 7) is 0. The summed E-state index contributed by atoms with van der Waals surface area (Å²) in [6, 6.07) is 62.7. The van der Waals surface area contributed by atoms with Crippen molar-refractivity contribution in [3.8, 4) is 85.1 Å². The van der Waals surface area contributed by atoms with Crippen molar-refractivity contribution in [3.63, 3.8) is 0 Å². The molecule has 7 aromatic carbocycles. The third-order valence-corrected chi connectivity index (χ3v) is 9.38. The minimum Gasteiger partial charge on any atom is -0.228 e. The van der Waals surface area contributed by atoms with Gasteiger partial charge in [-0.2, -0.15) is 5.26 Å². The third kappa shape index (κ3) is 6.27. The van der Waals surface area contributed by atoms with E-state index in [0.29, 0.717) is 28.9 Å². The number of hydrogen-bond donors (Lipinski definition) is 0. The molecule has 0 atom stereocenters. The first-order valence-electron chi connectivity index (χ1n) is 17.7. The standard InChI is InChI=1S/C48H30N6/c49-31-35-22-10-11-23-39(35)36-28-37(30-38(29-36)47-53-45(33-18-6-2-7-19-33)52-46(54-47)34-20-8-3-9-21-34)40-24-12-13-25-41(40)48-50-43-27-15-14-26-42(43)44(51-48)32-16-4-1-5-17-32/h1-30H. The predicted molar refractivity (Wildman–Crippen MR) is 216 cm³/mol. The van der Waals surface area contributed by atoms with Crippen molar-refractivity contribution in [2.45, 2.75) is 0 Å². The van der Waals surface area contributed by atoms with E-state index in [4.69, 9.17) is 24.9 Å². The van der Waals surface area contributed by atoms with Gasteiger partial charge in [0.1, 0.15) is 0 Å². The van der Waals surface area contributed by atoms with Crippen LogP contribution in [-0.4, -0.2) is 24.9 Å². The molecule has 0 unspecified atom stereocenters. The first kappa shape index (κ1) is 32.3. The number of fused-ring (bicyclic) bond motifs is 1. The van der Waals surface area contributed by atoms with Crippen LogP contribution in [0, 0.1) is 11.3 Å². The van der Waals surface area contributed by atoms with Crippen molar-refractivity contribution in [2.24, 2.45) is 0 Å². The normalized spacial score (nSPS) is 10.9. The smallest absolute Gasteiger partial charge is 0.164 e. The van der Waals surface area contributed by atoms with Crippen LogP contribution in [-0.2, 0) is 0 Å². The zero-order valence-electron chi connectivity index (χ0n) is 29.0. The second kappa shape index (κ2) is 14.2. The fourth-order valence-corrected chi connectivity index (χ4v) is 6.78. The Hall–Kier alpha value is -7.62. The van der Waals surface area contributed by atoms with Gasteiger partial charge in [-0.15, -0.1) is 0 Å². The van der Waals surface area contributed by atoms with Crippen molar-refractivity contribution >= 4 is 10.9 Å². The van der Waals surface area contributed by atoms with E-state index >= 15 is 0 Å². The van der Waals surface area contributed by atoms with Gasteiger partial charge in [-0.05, 0) is 52.6 Å². The highest BCUT2D eigenvalue weighted by Gasteiger charge is 2.19. The molecule has 0 saturated carbocycles. The molecule has 2 aromatic heterocycles. The molecule has 0 aliphatic carbocycles. The molecule has 0 N–H and O–H groups in total. The van der Waals surface area contributed by atoms with Crippen LogP contribution in [0.2, 0.25) is 0 Å². The summed E-state index contributed by atoms with van der Waals surface area (Å²) in [5, 5.41) is 11.2. The van der Waals surface area contributed by atoms with Gasteiger partial charge in [0.15, 0.2) is 23.3 Å². The van der Waals surface area contributed by atoms with Crippen molar-refractivity contribution < 1.29 is 0 Å². The zero-order chi connectivity index (χ0) is 36.3. The topological polar surface area (TPSA) is 88.2 Å². The lowest BCUT2D eigenvalue weighted by Gasteiger charge is -2.15. The van der Waals surface area contributed by atoms with Crippen LogP contribution in [0.4, 0.5) is 0 Å². The summed E-state index contributed by atoms with van der Waals surface area (Å²) in [5.74, 6) is 2.28. The molecule has 0 saturated heterocycles. The summed E-state index contributed by atoms with van der Waals surface area (Å²) in [7, 11) is 0. The van der Waals surface area contributed by atoms with E-state index in [0.717, 1.165) is 66.7 Å². The van der Waals surface area contributed by atoms with Crippen LogP contribution in [0.25, 0.3) is 90.0 Å². The van der Waals surface area contributed by atoms with Crippen LogP contribution in [0.15, 0.2) is 182 Å². The maximum absolute atomic E-state index is 10.2. The number of nitriles is 1. The largest absolute Gasteiger partial charge is 0.228 e. The Morgan fingerprint density at radius 1 is 0.333 bits per heavy atom. The Balaban J connectivity index is 1.29. The Kier molecular flexibility index (Phi) is 8.48. The highest BCUT2D eigenvalue weighted by Crippen LogP contribution is 2.39. The van der Waals surface area contributed by atoms with E-state index in [9.17, 15) is 5.26 Å². The average molecular weight is 691 g/mol. The maximum Gasteiger partial charge on any atom is 0.164 e. The Morgan fingerprint density at radius 3 is 1.43 bits per heavy atom. The van der Waals surface area contributed by atoms with Crippen molar-refractivity contribution in [1.82, 2.24) is 24.9 Å². The summed E-state index contributed by atoms with van der Waals surface area (Å²) < 4.78 is 0. The monoisotopic (exact) mass is 690 g/mol. The fourth-order valence-electron chi connectivity index (χ4n) is 6.78. The van der Waals surface area contributed by atoms with Gasteiger partial charge in [-0.1, -0.05) is 152 Å². The molecule has 0 radical (unpaired) electrons. The number of para-hydroxylation sites is 1. The van der Waals surface area contributed by atoms with Crippen molar-refractivity contribution in [3.05, 3.63) is 188 Å². The second-order valence-corrected chi connectivity index (χ2v) is 12.8. The van der Waals surface area contributed by atoms with E-state index in [1.165, 1.54) is 0 Å². The molecule has 6 heteroatoms. The number of aromatic nitrogens is 5. The first-order valence-corrected chi connectivity index (χ1v) is 17.7. The molecular weight excluding hydrogens is 661 g/mol. The molecule has 0 spiro atoms. The van der Waals surface area contributed by atoms with Gasteiger partial charge in [0.25, 0.3) is 0 Å². The number of hydrogen-bond acceptors (Lipinski definition) is 6. The molecule has 0 fully saturated rings. The van der Waals surface area contributed by atoms with E-state index in [1.54, 1.807) is 0 Å².